The summed E-state index contributed by atoms with van der Waals surface area (Å²) in [6.07, 6.45) is 6.70. The zero-order chi connectivity index (χ0) is 20.3. The summed E-state index contributed by atoms with van der Waals surface area (Å²) in [6.45, 7) is 2.13. The maximum atomic E-state index is 2.39. The summed E-state index contributed by atoms with van der Waals surface area (Å²) in [6, 6.07) is 35.0. The molecular weight excluding hydrogens is 362 g/mol. The monoisotopic (exact) mass is 387 g/mol. The van der Waals surface area contributed by atoms with Gasteiger partial charge in [-0.1, -0.05) is 84.4 Å². The number of allylic oxidation sites excluding steroid dienone is 1. The van der Waals surface area contributed by atoms with Crippen molar-refractivity contribution in [3.05, 3.63) is 120 Å². The lowest BCUT2D eigenvalue weighted by molar-refractivity contribution is 0.979. The van der Waals surface area contributed by atoms with Gasteiger partial charge in [0.1, 0.15) is 0 Å². The van der Waals surface area contributed by atoms with Crippen molar-refractivity contribution < 1.29 is 0 Å². The second-order valence-corrected chi connectivity index (χ2v) is 7.87. The molecule has 1 aliphatic carbocycles. The van der Waals surface area contributed by atoms with Crippen LogP contribution in [0.4, 0.5) is 17.1 Å². The van der Waals surface area contributed by atoms with Gasteiger partial charge >= 0.3 is 0 Å². The Morgan fingerprint density at radius 1 is 0.633 bits per heavy atom. The van der Waals surface area contributed by atoms with E-state index in [0.717, 1.165) is 12.8 Å². The molecule has 0 aromatic heterocycles. The van der Waals surface area contributed by atoms with E-state index in [-0.39, 0.29) is 0 Å². The Morgan fingerprint density at radius 2 is 1.30 bits per heavy atom. The lowest BCUT2D eigenvalue weighted by atomic mass is 9.94. The van der Waals surface area contributed by atoms with Gasteiger partial charge in [-0.05, 0) is 72.4 Å². The third-order valence-electron chi connectivity index (χ3n) is 5.81. The van der Waals surface area contributed by atoms with E-state index in [2.05, 4.69) is 121 Å². The summed E-state index contributed by atoms with van der Waals surface area (Å²) in [5.41, 5.74) is 10.2. The Labute approximate surface area is 178 Å². The summed E-state index contributed by atoms with van der Waals surface area (Å²) in [7, 11) is 0. The Kier molecular flexibility index (Phi) is 4.94. The van der Waals surface area contributed by atoms with Crippen molar-refractivity contribution in [2.45, 2.75) is 19.8 Å². The highest BCUT2D eigenvalue weighted by Gasteiger charge is 2.18. The fourth-order valence-electron chi connectivity index (χ4n) is 4.22. The van der Waals surface area contributed by atoms with Crippen LogP contribution < -0.4 is 4.90 Å². The minimum atomic E-state index is 1.08. The topological polar surface area (TPSA) is 3.24 Å². The van der Waals surface area contributed by atoms with E-state index in [9.17, 15) is 0 Å². The summed E-state index contributed by atoms with van der Waals surface area (Å²) in [5.74, 6) is 0. The van der Waals surface area contributed by atoms with Gasteiger partial charge in [0, 0.05) is 17.1 Å². The third kappa shape index (κ3) is 3.55. The average Bonchev–Trinajstić information content (AvgIpc) is 2.81. The third-order valence-corrected chi connectivity index (χ3v) is 5.81. The number of nitrogens with zero attached hydrogens (tertiary/aromatic N) is 1. The number of hydrogen-bond acceptors (Lipinski definition) is 1. The number of fused-ring (bicyclic) bond motifs is 1. The lowest BCUT2D eigenvalue weighted by Gasteiger charge is -2.29. The number of benzene rings is 4. The van der Waals surface area contributed by atoms with Crippen molar-refractivity contribution in [1.29, 1.82) is 0 Å². The van der Waals surface area contributed by atoms with Crippen LogP contribution in [0.1, 0.15) is 23.1 Å². The first-order chi connectivity index (χ1) is 14.8. The number of hydrogen-bond donors (Lipinski definition) is 0. The molecule has 0 atom stereocenters. The van der Waals surface area contributed by atoms with Crippen molar-refractivity contribution >= 4 is 23.1 Å². The molecule has 0 unspecified atom stereocenters. The summed E-state index contributed by atoms with van der Waals surface area (Å²) in [4.78, 5) is 2.39. The molecule has 4 aromatic rings. The first-order valence-corrected chi connectivity index (χ1v) is 10.6. The highest BCUT2D eigenvalue weighted by molar-refractivity contribution is 5.82. The molecule has 1 nitrogen and oxygen atoms in total. The van der Waals surface area contributed by atoms with Gasteiger partial charge in [0.05, 0.1) is 0 Å². The second-order valence-electron chi connectivity index (χ2n) is 7.87. The van der Waals surface area contributed by atoms with Crippen molar-refractivity contribution in [3.63, 3.8) is 0 Å². The van der Waals surface area contributed by atoms with E-state index in [1.165, 1.54) is 44.9 Å². The highest BCUT2D eigenvalue weighted by Crippen LogP contribution is 2.40. The van der Waals surface area contributed by atoms with Crippen LogP contribution in [-0.4, -0.2) is 0 Å². The number of rotatable bonds is 4. The van der Waals surface area contributed by atoms with Crippen LogP contribution >= 0.6 is 0 Å². The van der Waals surface area contributed by atoms with Crippen LogP contribution in [0.25, 0.3) is 17.2 Å². The van der Waals surface area contributed by atoms with E-state index >= 15 is 0 Å². The van der Waals surface area contributed by atoms with Crippen molar-refractivity contribution in [1.82, 2.24) is 0 Å². The maximum absolute atomic E-state index is 2.39. The first-order valence-electron chi connectivity index (χ1n) is 10.6. The number of anilines is 3. The molecule has 1 aliphatic rings. The zero-order valence-electron chi connectivity index (χ0n) is 17.3. The van der Waals surface area contributed by atoms with E-state index in [1.54, 1.807) is 0 Å². The smallest absolute Gasteiger partial charge is 0.0499 e. The molecule has 0 fully saturated rings. The fraction of sp³-hybridized carbons (Fsp3) is 0.103. The molecule has 0 saturated carbocycles. The molecule has 4 aromatic carbocycles. The van der Waals surface area contributed by atoms with E-state index in [0.29, 0.717) is 0 Å². The van der Waals surface area contributed by atoms with E-state index in [4.69, 9.17) is 0 Å². The molecule has 1 heteroatoms. The van der Waals surface area contributed by atoms with E-state index in [1.807, 2.05) is 0 Å². The van der Waals surface area contributed by atoms with Crippen LogP contribution in [0, 0.1) is 6.92 Å². The van der Waals surface area contributed by atoms with Crippen LogP contribution in [0.15, 0.2) is 103 Å². The van der Waals surface area contributed by atoms with Gasteiger partial charge in [0.2, 0.25) is 0 Å². The Bertz CT molecular complexity index is 1170. The van der Waals surface area contributed by atoms with Gasteiger partial charge in [-0.15, -0.1) is 0 Å². The van der Waals surface area contributed by atoms with Crippen molar-refractivity contribution in [3.8, 4) is 11.1 Å². The van der Waals surface area contributed by atoms with Crippen molar-refractivity contribution in [2.24, 2.45) is 0 Å². The minimum Gasteiger partial charge on any atom is -0.310 e. The summed E-state index contributed by atoms with van der Waals surface area (Å²) < 4.78 is 0. The van der Waals surface area contributed by atoms with Crippen LogP contribution in [0.5, 0.6) is 0 Å². The standard InChI is InChI=1S/C29H25N/c1-22-14-16-23(17-15-22)24-18-20-27(21-19-24)30(26-10-3-2-4-11-26)29-13-7-9-25-8-5-6-12-28(25)29/h2-5,7-11,13-21H,6,12H2,1H3. The van der Waals surface area contributed by atoms with Gasteiger partial charge in [-0.2, -0.15) is 0 Å². The normalized spacial score (nSPS) is 12.4. The Morgan fingerprint density at radius 3 is 2.03 bits per heavy atom. The Hall–Kier alpha value is -3.58. The van der Waals surface area contributed by atoms with Gasteiger partial charge in [-0.25, -0.2) is 0 Å². The van der Waals surface area contributed by atoms with Crippen molar-refractivity contribution in [2.75, 3.05) is 4.90 Å². The maximum Gasteiger partial charge on any atom is 0.0499 e. The number of para-hydroxylation sites is 1. The summed E-state index contributed by atoms with van der Waals surface area (Å²) >= 11 is 0. The second kappa shape index (κ2) is 8.04. The average molecular weight is 388 g/mol. The van der Waals surface area contributed by atoms with Gasteiger partial charge in [0.15, 0.2) is 0 Å². The Balaban J connectivity index is 1.60. The van der Waals surface area contributed by atoms with Gasteiger partial charge < -0.3 is 4.90 Å². The quantitative estimate of drug-likeness (QED) is 0.342. The van der Waals surface area contributed by atoms with Crippen LogP contribution in [-0.2, 0) is 6.42 Å². The number of aryl methyl sites for hydroxylation is 1. The highest BCUT2D eigenvalue weighted by atomic mass is 15.1. The molecular formula is C29H25N. The zero-order valence-corrected chi connectivity index (χ0v) is 17.3. The molecule has 0 amide bonds. The molecule has 0 saturated heterocycles. The first kappa shape index (κ1) is 18.4. The largest absolute Gasteiger partial charge is 0.310 e. The molecule has 0 heterocycles. The predicted octanol–water partition coefficient (Wildman–Crippen LogP) is 8.09. The molecule has 0 radical (unpaired) electrons. The van der Waals surface area contributed by atoms with E-state index < -0.39 is 0 Å². The lowest BCUT2D eigenvalue weighted by Crippen LogP contribution is -2.13. The fourth-order valence-corrected chi connectivity index (χ4v) is 4.22. The van der Waals surface area contributed by atoms with Crippen LogP contribution in [0.3, 0.4) is 0 Å². The van der Waals surface area contributed by atoms with Gasteiger partial charge in [0.25, 0.3) is 0 Å². The molecule has 0 bridgehead atoms. The van der Waals surface area contributed by atoms with Crippen LogP contribution in [0.2, 0.25) is 0 Å². The predicted molar refractivity (Wildman–Crippen MR) is 129 cm³/mol. The minimum absolute atomic E-state index is 1.08. The molecule has 30 heavy (non-hydrogen) atoms. The van der Waals surface area contributed by atoms with Gasteiger partial charge in [-0.3, -0.25) is 0 Å². The summed E-state index contributed by atoms with van der Waals surface area (Å²) in [5, 5.41) is 0. The SMILES string of the molecule is Cc1ccc(-c2ccc(N(c3ccccc3)c3cccc4c3CCC=C4)cc2)cc1. The molecule has 146 valence electrons. The molecule has 5 rings (SSSR count). The molecule has 0 aliphatic heterocycles. The molecule has 0 spiro atoms. The molecule has 0 N–H and O–H groups in total.